The maximum absolute atomic E-state index is 5.47. The smallest absolute Gasteiger partial charge is 0.122 e. The number of furan rings is 1. The van der Waals surface area contributed by atoms with Gasteiger partial charge >= 0.3 is 0 Å². The molecule has 0 saturated carbocycles. The van der Waals surface area contributed by atoms with E-state index in [2.05, 4.69) is 37.1 Å². The summed E-state index contributed by atoms with van der Waals surface area (Å²) in [7, 11) is 1.94. The van der Waals surface area contributed by atoms with Crippen molar-refractivity contribution < 1.29 is 4.42 Å². The van der Waals surface area contributed by atoms with Crippen LogP contribution in [0.15, 0.2) is 16.7 Å². The van der Waals surface area contributed by atoms with E-state index in [9.17, 15) is 0 Å². The molecule has 1 aromatic rings. The van der Waals surface area contributed by atoms with Crippen LogP contribution in [0.2, 0.25) is 0 Å². The van der Waals surface area contributed by atoms with E-state index in [1.54, 1.807) is 6.26 Å². The second kappa shape index (κ2) is 6.71. The predicted octanol–water partition coefficient (Wildman–Crippen LogP) is 2.62. The molecule has 0 aliphatic heterocycles. The maximum Gasteiger partial charge on any atom is 0.122 e. The number of rotatable bonds is 7. The summed E-state index contributed by atoms with van der Waals surface area (Å²) in [5.74, 6) is 1.06. The summed E-state index contributed by atoms with van der Waals surface area (Å²) in [5.41, 5.74) is 1.30. The fraction of sp³-hybridized carbons (Fsp3) is 0.692. The third-order valence-electron chi connectivity index (χ3n) is 2.79. The zero-order valence-corrected chi connectivity index (χ0v) is 10.9. The Morgan fingerprint density at radius 2 is 2.19 bits per heavy atom. The normalized spacial score (nSPS) is 11.6. The molecule has 0 unspecified atom stereocenters. The molecule has 0 amide bonds. The summed E-state index contributed by atoms with van der Waals surface area (Å²) in [6.07, 6.45) is 2.98. The number of hydrogen-bond acceptors (Lipinski definition) is 3. The van der Waals surface area contributed by atoms with Crippen LogP contribution in [0.3, 0.4) is 0 Å². The van der Waals surface area contributed by atoms with E-state index in [0.717, 1.165) is 25.4 Å². The largest absolute Gasteiger partial charge is 0.468 e. The Morgan fingerprint density at radius 1 is 1.44 bits per heavy atom. The number of hydrogen-bond donors (Lipinski definition) is 1. The Bertz CT molecular complexity index is 294. The van der Waals surface area contributed by atoms with Crippen molar-refractivity contribution in [1.82, 2.24) is 10.2 Å². The molecule has 1 rings (SSSR count). The summed E-state index contributed by atoms with van der Waals surface area (Å²) in [6.45, 7) is 9.64. The van der Waals surface area contributed by atoms with Crippen LogP contribution in [0.5, 0.6) is 0 Å². The van der Waals surface area contributed by atoms with E-state index in [1.807, 2.05) is 7.05 Å². The van der Waals surface area contributed by atoms with E-state index < -0.39 is 0 Å². The third-order valence-corrected chi connectivity index (χ3v) is 2.79. The minimum atomic E-state index is 0.581. The molecule has 1 heterocycles. The summed E-state index contributed by atoms with van der Waals surface area (Å²) in [5, 5.41) is 3.13. The fourth-order valence-electron chi connectivity index (χ4n) is 1.85. The van der Waals surface area contributed by atoms with Crippen molar-refractivity contribution in [3.05, 3.63) is 23.7 Å². The minimum Gasteiger partial charge on any atom is -0.468 e. The van der Waals surface area contributed by atoms with Crippen molar-refractivity contribution in [3.63, 3.8) is 0 Å². The Kier molecular flexibility index (Phi) is 5.56. The van der Waals surface area contributed by atoms with Crippen LogP contribution in [0.1, 0.15) is 38.5 Å². The van der Waals surface area contributed by atoms with E-state index in [-0.39, 0.29) is 0 Å². The molecule has 1 N–H and O–H groups in total. The molecule has 0 spiro atoms. The van der Waals surface area contributed by atoms with E-state index >= 15 is 0 Å². The standard InChI is InChI=1S/C13H24N2O/c1-5-7-15(11(2)3)10-12-6-8-16-13(12)9-14-4/h6,8,11,14H,5,7,9-10H2,1-4H3. The van der Waals surface area contributed by atoms with Crippen molar-refractivity contribution in [2.24, 2.45) is 0 Å². The van der Waals surface area contributed by atoms with Gasteiger partial charge in [0.15, 0.2) is 0 Å². The van der Waals surface area contributed by atoms with E-state index in [4.69, 9.17) is 4.42 Å². The molecule has 0 aromatic carbocycles. The monoisotopic (exact) mass is 224 g/mol. The highest BCUT2D eigenvalue weighted by Gasteiger charge is 2.13. The van der Waals surface area contributed by atoms with Gasteiger partial charge in [-0.25, -0.2) is 0 Å². The van der Waals surface area contributed by atoms with Crippen LogP contribution in [0, 0.1) is 0 Å². The van der Waals surface area contributed by atoms with Gasteiger partial charge in [0.2, 0.25) is 0 Å². The van der Waals surface area contributed by atoms with Gasteiger partial charge < -0.3 is 9.73 Å². The fourth-order valence-corrected chi connectivity index (χ4v) is 1.85. The predicted molar refractivity (Wildman–Crippen MR) is 67.3 cm³/mol. The molecule has 0 atom stereocenters. The lowest BCUT2D eigenvalue weighted by atomic mass is 10.2. The summed E-state index contributed by atoms with van der Waals surface area (Å²) >= 11 is 0. The second-order valence-electron chi connectivity index (χ2n) is 4.46. The average molecular weight is 224 g/mol. The zero-order valence-electron chi connectivity index (χ0n) is 10.9. The van der Waals surface area contributed by atoms with Gasteiger partial charge in [-0.2, -0.15) is 0 Å². The Morgan fingerprint density at radius 3 is 2.75 bits per heavy atom. The summed E-state index contributed by atoms with van der Waals surface area (Å²) < 4.78 is 5.47. The van der Waals surface area contributed by atoms with Crippen LogP contribution in [-0.4, -0.2) is 24.5 Å². The van der Waals surface area contributed by atoms with Crippen LogP contribution in [0.25, 0.3) is 0 Å². The van der Waals surface area contributed by atoms with E-state index in [0.29, 0.717) is 6.04 Å². The van der Waals surface area contributed by atoms with Gasteiger partial charge in [0.25, 0.3) is 0 Å². The molecule has 0 aliphatic rings. The number of nitrogens with zero attached hydrogens (tertiary/aromatic N) is 1. The topological polar surface area (TPSA) is 28.4 Å². The lowest BCUT2D eigenvalue weighted by Crippen LogP contribution is -2.31. The SMILES string of the molecule is CCCN(Cc1ccoc1CNC)C(C)C. The van der Waals surface area contributed by atoms with Crippen LogP contribution in [-0.2, 0) is 13.1 Å². The summed E-state index contributed by atoms with van der Waals surface area (Å²) in [6, 6.07) is 2.66. The maximum atomic E-state index is 5.47. The molecule has 0 bridgehead atoms. The molecule has 92 valence electrons. The Balaban J connectivity index is 2.65. The van der Waals surface area contributed by atoms with Gasteiger partial charge in [-0.1, -0.05) is 6.92 Å². The van der Waals surface area contributed by atoms with Gasteiger partial charge in [-0.05, 0) is 39.9 Å². The molecule has 0 fully saturated rings. The first-order valence-corrected chi connectivity index (χ1v) is 6.12. The zero-order chi connectivity index (χ0) is 12.0. The van der Waals surface area contributed by atoms with Crippen LogP contribution < -0.4 is 5.32 Å². The average Bonchev–Trinajstić information content (AvgIpc) is 2.65. The molecule has 16 heavy (non-hydrogen) atoms. The van der Waals surface area contributed by atoms with Crippen molar-refractivity contribution in [2.45, 2.75) is 46.3 Å². The lowest BCUT2D eigenvalue weighted by Gasteiger charge is -2.25. The van der Waals surface area contributed by atoms with Gasteiger partial charge in [-0.3, -0.25) is 4.90 Å². The second-order valence-corrected chi connectivity index (χ2v) is 4.46. The van der Waals surface area contributed by atoms with E-state index in [1.165, 1.54) is 12.0 Å². The van der Waals surface area contributed by atoms with Crippen molar-refractivity contribution in [2.75, 3.05) is 13.6 Å². The third kappa shape index (κ3) is 3.65. The van der Waals surface area contributed by atoms with Gasteiger partial charge in [0.05, 0.1) is 12.8 Å². The van der Waals surface area contributed by atoms with Crippen molar-refractivity contribution in [1.29, 1.82) is 0 Å². The molecule has 0 saturated heterocycles. The highest BCUT2D eigenvalue weighted by molar-refractivity contribution is 5.16. The highest BCUT2D eigenvalue weighted by atomic mass is 16.3. The molecular weight excluding hydrogens is 200 g/mol. The van der Waals surface area contributed by atoms with Crippen LogP contribution >= 0.6 is 0 Å². The summed E-state index contributed by atoms with van der Waals surface area (Å²) in [4.78, 5) is 2.48. The molecule has 0 radical (unpaired) electrons. The van der Waals surface area contributed by atoms with Crippen LogP contribution in [0.4, 0.5) is 0 Å². The molecular formula is C13H24N2O. The van der Waals surface area contributed by atoms with Gasteiger partial charge in [-0.15, -0.1) is 0 Å². The lowest BCUT2D eigenvalue weighted by molar-refractivity contribution is 0.211. The Labute approximate surface area is 98.8 Å². The van der Waals surface area contributed by atoms with Crippen molar-refractivity contribution in [3.8, 4) is 0 Å². The highest BCUT2D eigenvalue weighted by Crippen LogP contribution is 2.15. The van der Waals surface area contributed by atoms with Crippen molar-refractivity contribution >= 4 is 0 Å². The van der Waals surface area contributed by atoms with Gasteiger partial charge in [0.1, 0.15) is 5.76 Å². The number of nitrogens with one attached hydrogen (secondary N) is 1. The first-order chi connectivity index (χ1) is 7.69. The molecule has 3 heteroatoms. The molecule has 1 aromatic heterocycles. The van der Waals surface area contributed by atoms with Gasteiger partial charge in [0, 0.05) is 18.2 Å². The first-order valence-electron chi connectivity index (χ1n) is 6.12. The minimum absolute atomic E-state index is 0.581. The first kappa shape index (κ1) is 13.3. The quantitative estimate of drug-likeness (QED) is 0.771. The molecule has 0 aliphatic carbocycles. The Hall–Kier alpha value is -0.800. The molecule has 3 nitrogen and oxygen atoms in total.